The molecule has 2 N–H and O–H groups in total. The SMILES string of the molecule is Cc1ccccc1N1CCc2cc(OC/C(=C\F)CN)ccc2C1=O.Cl. The maximum Gasteiger partial charge on any atom is 0.258 e. The van der Waals surface area contributed by atoms with Crippen LogP contribution in [0.25, 0.3) is 0 Å². The van der Waals surface area contributed by atoms with Gasteiger partial charge < -0.3 is 15.4 Å². The number of rotatable bonds is 5. The van der Waals surface area contributed by atoms with E-state index in [0.29, 0.717) is 29.8 Å². The largest absolute Gasteiger partial charge is 0.489 e. The van der Waals surface area contributed by atoms with Crippen LogP contribution in [0.5, 0.6) is 5.75 Å². The van der Waals surface area contributed by atoms with Gasteiger partial charge in [-0.1, -0.05) is 18.2 Å². The van der Waals surface area contributed by atoms with Crippen LogP contribution in [-0.4, -0.2) is 25.6 Å². The van der Waals surface area contributed by atoms with Gasteiger partial charge in [-0.2, -0.15) is 0 Å². The van der Waals surface area contributed by atoms with Crippen molar-refractivity contribution in [3.8, 4) is 5.75 Å². The number of hydrogen-bond donors (Lipinski definition) is 1. The number of amides is 1. The number of fused-ring (bicyclic) bond motifs is 1. The Hall–Kier alpha value is -2.37. The Kier molecular flexibility index (Phi) is 6.77. The molecular formula is C20H22ClFN2O2. The summed E-state index contributed by atoms with van der Waals surface area (Å²) < 4.78 is 18.1. The lowest BCUT2D eigenvalue weighted by molar-refractivity contribution is 0.0980. The van der Waals surface area contributed by atoms with Crippen LogP contribution in [0.4, 0.5) is 10.1 Å². The Morgan fingerprint density at radius 1 is 1.31 bits per heavy atom. The van der Waals surface area contributed by atoms with Crippen LogP contribution in [0.15, 0.2) is 54.4 Å². The van der Waals surface area contributed by atoms with Gasteiger partial charge in [-0.3, -0.25) is 4.79 Å². The van der Waals surface area contributed by atoms with Crippen LogP contribution >= 0.6 is 12.4 Å². The minimum absolute atomic E-state index is 0. The molecule has 2 aromatic rings. The molecular weight excluding hydrogens is 355 g/mol. The van der Waals surface area contributed by atoms with E-state index in [9.17, 15) is 9.18 Å². The van der Waals surface area contributed by atoms with Crippen molar-refractivity contribution in [3.05, 3.63) is 71.1 Å². The number of benzene rings is 2. The molecule has 0 atom stereocenters. The van der Waals surface area contributed by atoms with E-state index in [0.717, 1.165) is 23.2 Å². The molecule has 0 radical (unpaired) electrons. The van der Waals surface area contributed by atoms with Gasteiger partial charge in [0, 0.05) is 29.9 Å². The lowest BCUT2D eigenvalue weighted by atomic mass is 9.97. The molecule has 1 amide bonds. The van der Waals surface area contributed by atoms with Gasteiger partial charge in [-0.05, 0) is 48.7 Å². The topological polar surface area (TPSA) is 55.6 Å². The summed E-state index contributed by atoms with van der Waals surface area (Å²) in [6, 6.07) is 13.2. The third-order valence-corrected chi connectivity index (χ3v) is 4.40. The van der Waals surface area contributed by atoms with Gasteiger partial charge in [0.15, 0.2) is 0 Å². The molecule has 0 bridgehead atoms. The maximum atomic E-state index is 12.8. The molecule has 0 aromatic heterocycles. The van der Waals surface area contributed by atoms with Crippen molar-refractivity contribution < 1.29 is 13.9 Å². The highest BCUT2D eigenvalue weighted by molar-refractivity contribution is 6.08. The van der Waals surface area contributed by atoms with E-state index in [2.05, 4.69) is 0 Å². The Morgan fingerprint density at radius 3 is 2.77 bits per heavy atom. The van der Waals surface area contributed by atoms with Gasteiger partial charge >= 0.3 is 0 Å². The van der Waals surface area contributed by atoms with Crippen LogP contribution in [0.3, 0.4) is 0 Å². The second kappa shape index (κ2) is 8.83. The Morgan fingerprint density at radius 2 is 2.08 bits per heavy atom. The molecule has 3 rings (SSSR count). The molecule has 0 spiro atoms. The van der Waals surface area contributed by atoms with E-state index in [1.165, 1.54) is 0 Å². The standard InChI is InChI=1S/C20H21FN2O2.ClH/c1-14-4-2-3-5-19(14)23-9-8-16-10-17(6-7-18(16)20(23)24)25-13-15(11-21)12-22;/h2-7,10-11H,8-9,12-13,22H2,1H3;1H/b15-11-;. The van der Waals surface area contributed by atoms with Gasteiger partial charge in [0.05, 0.1) is 6.33 Å². The molecule has 0 unspecified atom stereocenters. The van der Waals surface area contributed by atoms with Crippen molar-refractivity contribution in [2.24, 2.45) is 5.73 Å². The molecule has 0 saturated carbocycles. The van der Waals surface area contributed by atoms with Crippen LogP contribution in [0.2, 0.25) is 0 Å². The minimum Gasteiger partial charge on any atom is -0.489 e. The van der Waals surface area contributed by atoms with Gasteiger partial charge in [-0.15, -0.1) is 12.4 Å². The number of para-hydroxylation sites is 1. The molecule has 0 saturated heterocycles. The lowest BCUT2D eigenvalue weighted by Crippen LogP contribution is -2.38. The highest BCUT2D eigenvalue weighted by Crippen LogP contribution is 2.29. The number of hydrogen-bond acceptors (Lipinski definition) is 3. The fourth-order valence-electron chi connectivity index (χ4n) is 2.96. The maximum absolute atomic E-state index is 12.8. The quantitative estimate of drug-likeness (QED) is 0.863. The Bertz CT molecular complexity index is 823. The van der Waals surface area contributed by atoms with E-state index in [4.69, 9.17) is 10.5 Å². The van der Waals surface area contributed by atoms with Crippen molar-refractivity contribution in [2.45, 2.75) is 13.3 Å². The predicted molar refractivity (Wildman–Crippen MR) is 104 cm³/mol. The lowest BCUT2D eigenvalue weighted by Gasteiger charge is -2.30. The summed E-state index contributed by atoms with van der Waals surface area (Å²) in [6.45, 7) is 2.85. The number of nitrogens with two attached hydrogens (primary N) is 1. The molecule has 138 valence electrons. The fourth-order valence-corrected chi connectivity index (χ4v) is 2.96. The zero-order chi connectivity index (χ0) is 17.8. The first-order chi connectivity index (χ1) is 12.1. The number of carbonyl (C=O) groups is 1. The Balaban J connectivity index is 0.00000243. The number of ether oxygens (including phenoxy) is 1. The summed E-state index contributed by atoms with van der Waals surface area (Å²) in [5, 5.41) is 0. The summed E-state index contributed by atoms with van der Waals surface area (Å²) in [4.78, 5) is 14.7. The summed E-state index contributed by atoms with van der Waals surface area (Å²) >= 11 is 0. The van der Waals surface area contributed by atoms with E-state index >= 15 is 0 Å². The first-order valence-electron chi connectivity index (χ1n) is 8.25. The van der Waals surface area contributed by atoms with Crippen molar-refractivity contribution in [2.75, 3.05) is 24.6 Å². The summed E-state index contributed by atoms with van der Waals surface area (Å²) in [5.74, 6) is 0.608. The smallest absolute Gasteiger partial charge is 0.258 e. The Labute approximate surface area is 158 Å². The zero-order valence-corrected chi connectivity index (χ0v) is 15.4. The van der Waals surface area contributed by atoms with Crippen LogP contribution in [0.1, 0.15) is 21.5 Å². The minimum atomic E-state index is -0.00611. The van der Waals surface area contributed by atoms with E-state index < -0.39 is 0 Å². The van der Waals surface area contributed by atoms with E-state index in [1.807, 2.05) is 42.2 Å². The zero-order valence-electron chi connectivity index (χ0n) is 14.6. The molecule has 1 aliphatic rings. The summed E-state index contributed by atoms with van der Waals surface area (Å²) in [6.07, 6.45) is 1.22. The van der Waals surface area contributed by atoms with Crippen LogP contribution in [-0.2, 0) is 6.42 Å². The molecule has 26 heavy (non-hydrogen) atoms. The third-order valence-electron chi connectivity index (χ3n) is 4.40. The first-order valence-corrected chi connectivity index (χ1v) is 8.25. The van der Waals surface area contributed by atoms with Crippen molar-refractivity contribution in [1.29, 1.82) is 0 Å². The first kappa shape index (κ1) is 19.9. The van der Waals surface area contributed by atoms with Gasteiger partial charge in [0.25, 0.3) is 5.91 Å². The fraction of sp³-hybridized carbons (Fsp3) is 0.250. The number of carbonyl (C=O) groups excluding carboxylic acids is 1. The molecule has 2 aromatic carbocycles. The van der Waals surface area contributed by atoms with E-state index in [-0.39, 0.29) is 31.5 Å². The van der Waals surface area contributed by atoms with E-state index in [1.54, 1.807) is 12.1 Å². The van der Waals surface area contributed by atoms with Gasteiger partial charge in [-0.25, -0.2) is 4.39 Å². The number of aryl methyl sites for hydroxylation is 1. The summed E-state index contributed by atoms with van der Waals surface area (Å²) in [5.41, 5.74) is 9.46. The highest BCUT2D eigenvalue weighted by atomic mass is 35.5. The molecule has 6 heteroatoms. The second-order valence-corrected chi connectivity index (χ2v) is 6.07. The third kappa shape index (κ3) is 4.06. The number of anilines is 1. The van der Waals surface area contributed by atoms with Gasteiger partial charge in [0.1, 0.15) is 12.4 Å². The average Bonchev–Trinajstić information content (AvgIpc) is 2.64. The highest BCUT2D eigenvalue weighted by Gasteiger charge is 2.26. The molecule has 0 fully saturated rings. The molecule has 1 aliphatic heterocycles. The second-order valence-electron chi connectivity index (χ2n) is 6.07. The van der Waals surface area contributed by atoms with Crippen molar-refractivity contribution >= 4 is 24.0 Å². The average molecular weight is 377 g/mol. The number of nitrogens with zero attached hydrogens (tertiary/aromatic N) is 1. The van der Waals surface area contributed by atoms with Gasteiger partial charge in [0.2, 0.25) is 0 Å². The van der Waals surface area contributed by atoms with Crippen LogP contribution in [0, 0.1) is 6.92 Å². The van der Waals surface area contributed by atoms with Crippen LogP contribution < -0.4 is 15.4 Å². The molecule has 1 heterocycles. The predicted octanol–water partition coefficient (Wildman–Crippen LogP) is 3.81. The normalized spacial score (nSPS) is 13.9. The van der Waals surface area contributed by atoms with Crippen molar-refractivity contribution in [3.63, 3.8) is 0 Å². The number of halogens is 2. The molecule has 4 nitrogen and oxygen atoms in total. The monoisotopic (exact) mass is 376 g/mol. The molecule has 0 aliphatic carbocycles. The van der Waals surface area contributed by atoms with Crippen molar-refractivity contribution in [1.82, 2.24) is 0 Å². The summed E-state index contributed by atoms with van der Waals surface area (Å²) in [7, 11) is 0.